The summed E-state index contributed by atoms with van der Waals surface area (Å²) in [4.78, 5) is 14.4. The molecule has 0 radical (unpaired) electrons. The Labute approximate surface area is 125 Å². The van der Waals surface area contributed by atoms with Crippen LogP contribution in [-0.4, -0.2) is 42.2 Å². The predicted molar refractivity (Wildman–Crippen MR) is 78.7 cm³/mol. The minimum absolute atomic E-state index is 0.0358. The standard InChI is InChI=1S/C16H25NO4/c1-12(7-10-20-2)16(19)17-8-3-5-13(17)11-14(18)15-6-4-9-21-15/h4,6,9,12-14,18H,3,5,7-8,10-11H2,1-2H3. The molecular formula is C16H25NO4. The molecule has 1 aromatic heterocycles. The lowest BCUT2D eigenvalue weighted by molar-refractivity contribution is -0.136. The van der Waals surface area contributed by atoms with Crippen molar-refractivity contribution in [1.82, 2.24) is 4.90 Å². The van der Waals surface area contributed by atoms with Gasteiger partial charge in [0.25, 0.3) is 0 Å². The summed E-state index contributed by atoms with van der Waals surface area (Å²) in [5, 5.41) is 10.2. The molecule has 5 nitrogen and oxygen atoms in total. The third kappa shape index (κ3) is 4.08. The Hall–Kier alpha value is -1.33. The topological polar surface area (TPSA) is 62.9 Å². The van der Waals surface area contributed by atoms with Crippen molar-refractivity contribution >= 4 is 5.91 Å². The molecule has 0 bridgehead atoms. The van der Waals surface area contributed by atoms with Crippen molar-refractivity contribution in [3.05, 3.63) is 24.2 Å². The van der Waals surface area contributed by atoms with Gasteiger partial charge in [0, 0.05) is 38.6 Å². The SMILES string of the molecule is COCCC(C)C(=O)N1CCCC1CC(O)c1ccco1. The van der Waals surface area contributed by atoms with E-state index in [-0.39, 0.29) is 17.9 Å². The lowest BCUT2D eigenvalue weighted by Gasteiger charge is -2.28. The number of methoxy groups -OCH3 is 1. The molecule has 1 amide bonds. The average molecular weight is 295 g/mol. The summed E-state index contributed by atoms with van der Waals surface area (Å²) in [5.74, 6) is 0.703. The summed E-state index contributed by atoms with van der Waals surface area (Å²) in [6, 6.07) is 3.64. The van der Waals surface area contributed by atoms with Crippen molar-refractivity contribution in [3.8, 4) is 0 Å². The van der Waals surface area contributed by atoms with Gasteiger partial charge in [-0.1, -0.05) is 6.92 Å². The summed E-state index contributed by atoms with van der Waals surface area (Å²) < 4.78 is 10.3. The zero-order valence-corrected chi connectivity index (χ0v) is 12.8. The van der Waals surface area contributed by atoms with Crippen molar-refractivity contribution < 1.29 is 19.1 Å². The zero-order chi connectivity index (χ0) is 15.2. The molecule has 0 aliphatic carbocycles. The molecule has 2 heterocycles. The summed E-state index contributed by atoms with van der Waals surface area (Å²) in [5.41, 5.74) is 0. The first-order chi connectivity index (χ1) is 10.1. The fraction of sp³-hybridized carbons (Fsp3) is 0.688. The molecule has 3 unspecified atom stereocenters. The van der Waals surface area contributed by atoms with E-state index >= 15 is 0 Å². The Balaban J connectivity index is 1.92. The van der Waals surface area contributed by atoms with Gasteiger partial charge in [-0.3, -0.25) is 4.79 Å². The highest BCUT2D eigenvalue weighted by atomic mass is 16.5. The number of furan rings is 1. The first-order valence-corrected chi connectivity index (χ1v) is 7.64. The Morgan fingerprint density at radius 2 is 2.43 bits per heavy atom. The summed E-state index contributed by atoms with van der Waals surface area (Å²) in [7, 11) is 1.65. The number of carbonyl (C=O) groups excluding carboxylic acids is 1. The van der Waals surface area contributed by atoms with E-state index in [0.29, 0.717) is 18.8 Å². The molecule has 0 aromatic carbocycles. The minimum atomic E-state index is -0.646. The van der Waals surface area contributed by atoms with Crippen LogP contribution in [0.4, 0.5) is 0 Å². The number of hydrogen-bond donors (Lipinski definition) is 1. The van der Waals surface area contributed by atoms with E-state index in [1.165, 1.54) is 0 Å². The van der Waals surface area contributed by atoms with Crippen LogP contribution in [0.5, 0.6) is 0 Å². The molecule has 3 atom stereocenters. The third-order valence-electron chi connectivity index (χ3n) is 4.20. The maximum absolute atomic E-state index is 12.5. The van der Waals surface area contributed by atoms with E-state index in [1.807, 2.05) is 11.8 Å². The van der Waals surface area contributed by atoms with Crippen LogP contribution in [0.3, 0.4) is 0 Å². The second kappa shape index (κ2) is 7.61. The van der Waals surface area contributed by atoms with Gasteiger partial charge in [-0.25, -0.2) is 0 Å². The summed E-state index contributed by atoms with van der Waals surface area (Å²) in [6.07, 6.45) is 4.13. The molecular weight excluding hydrogens is 270 g/mol. The predicted octanol–water partition coefficient (Wildman–Crippen LogP) is 2.37. The van der Waals surface area contributed by atoms with E-state index < -0.39 is 6.10 Å². The van der Waals surface area contributed by atoms with Crippen LogP contribution < -0.4 is 0 Å². The maximum atomic E-state index is 12.5. The zero-order valence-electron chi connectivity index (χ0n) is 12.8. The number of rotatable bonds is 7. The molecule has 1 aliphatic heterocycles. The molecule has 2 rings (SSSR count). The van der Waals surface area contributed by atoms with E-state index in [1.54, 1.807) is 25.5 Å². The molecule has 1 saturated heterocycles. The molecule has 118 valence electrons. The highest BCUT2D eigenvalue weighted by Crippen LogP contribution is 2.29. The van der Waals surface area contributed by atoms with Gasteiger partial charge < -0.3 is 19.2 Å². The molecule has 5 heteroatoms. The quantitative estimate of drug-likeness (QED) is 0.839. The molecule has 0 saturated carbocycles. The van der Waals surface area contributed by atoms with Crippen LogP contribution in [0, 0.1) is 5.92 Å². The van der Waals surface area contributed by atoms with Gasteiger partial charge in [0.1, 0.15) is 11.9 Å². The smallest absolute Gasteiger partial charge is 0.225 e. The number of hydrogen-bond acceptors (Lipinski definition) is 4. The van der Waals surface area contributed by atoms with Crippen LogP contribution in [0.1, 0.15) is 44.5 Å². The third-order valence-corrected chi connectivity index (χ3v) is 4.20. The molecule has 1 aliphatic rings. The van der Waals surface area contributed by atoms with E-state index in [2.05, 4.69) is 0 Å². The van der Waals surface area contributed by atoms with Crippen molar-refractivity contribution in [3.63, 3.8) is 0 Å². The maximum Gasteiger partial charge on any atom is 0.225 e. The van der Waals surface area contributed by atoms with Gasteiger partial charge in [-0.2, -0.15) is 0 Å². The number of nitrogens with zero attached hydrogens (tertiary/aromatic N) is 1. The van der Waals surface area contributed by atoms with Crippen molar-refractivity contribution in [2.75, 3.05) is 20.3 Å². The van der Waals surface area contributed by atoms with Gasteiger partial charge in [0.05, 0.1) is 6.26 Å². The Bertz CT molecular complexity index is 431. The number of carbonyl (C=O) groups is 1. The van der Waals surface area contributed by atoms with Crippen LogP contribution in [0.15, 0.2) is 22.8 Å². The second-order valence-corrected chi connectivity index (χ2v) is 5.78. The van der Waals surface area contributed by atoms with Crippen LogP contribution in [-0.2, 0) is 9.53 Å². The van der Waals surface area contributed by atoms with E-state index in [0.717, 1.165) is 25.8 Å². The average Bonchev–Trinajstić information content (AvgIpc) is 3.14. The largest absolute Gasteiger partial charge is 0.467 e. The Morgan fingerprint density at radius 1 is 1.62 bits per heavy atom. The Morgan fingerprint density at radius 3 is 3.10 bits per heavy atom. The molecule has 0 spiro atoms. The van der Waals surface area contributed by atoms with Crippen LogP contribution in [0.25, 0.3) is 0 Å². The van der Waals surface area contributed by atoms with Gasteiger partial charge in [-0.15, -0.1) is 0 Å². The van der Waals surface area contributed by atoms with Crippen LogP contribution in [0.2, 0.25) is 0 Å². The molecule has 1 aromatic rings. The first kappa shape index (κ1) is 16.0. The van der Waals surface area contributed by atoms with Crippen molar-refractivity contribution in [2.24, 2.45) is 5.92 Å². The van der Waals surface area contributed by atoms with E-state index in [9.17, 15) is 9.90 Å². The number of likely N-dealkylation sites (tertiary alicyclic amines) is 1. The van der Waals surface area contributed by atoms with Crippen LogP contribution >= 0.6 is 0 Å². The molecule has 1 N–H and O–H groups in total. The lowest BCUT2D eigenvalue weighted by Crippen LogP contribution is -2.39. The fourth-order valence-corrected chi connectivity index (χ4v) is 2.93. The van der Waals surface area contributed by atoms with Gasteiger partial charge in [0.15, 0.2) is 0 Å². The molecule has 1 fully saturated rings. The van der Waals surface area contributed by atoms with Crippen molar-refractivity contribution in [2.45, 2.75) is 44.8 Å². The van der Waals surface area contributed by atoms with Gasteiger partial charge in [0.2, 0.25) is 5.91 Å². The monoisotopic (exact) mass is 295 g/mol. The Kier molecular flexibility index (Phi) is 5.82. The summed E-state index contributed by atoms with van der Waals surface area (Å²) >= 11 is 0. The van der Waals surface area contributed by atoms with E-state index in [4.69, 9.17) is 9.15 Å². The lowest BCUT2D eigenvalue weighted by atomic mass is 10.0. The number of aliphatic hydroxyl groups is 1. The number of aliphatic hydroxyl groups excluding tert-OH is 1. The summed E-state index contributed by atoms with van der Waals surface area (Å²) in [6.45, 7) is 3.33. The minimum Gasteiger partial charge on any atom is -0.467 e. The number of ether oxygens (including phenoxy) is 1. The van der Waals surface area contributed by atoms with Gasteiger partial charge >= 0.3 is 0 Å². The first-order valence-electron chi connectivity index (χ1n) is 7.64. The highest BCUT2D eigenvalue weighted by Gasteiger charge is 2.33. The van der Waals surface area contributed by atoms with Crippen molar-refractivity contribution in [1.29, 1.82) is 0 Å². The fourth-order valence-electron chi connectivity index (χ4n) is 2.93. The number of amides is 1. The molecule has 21 heavy (non-hydrogen) atoms. The normalized spacial score (nSPS) is 21.5. The highest BCUT2D eigenvalue weighted by molar-refractivity contribution is 5.79. The van der Waals surface area contributed by atoms with Gasteiger partial charge in [-0.05, 0) is 31.4 Å². The second-order valence-electron chi connectivity index (χ2n) is 5.78.